The highest BCUT2D eigenvalue weighted by Gasteiger charge is 2.44. The van der Waals surface area contributed by atoms with E-state index in [9.17, 15) is 9.59 Å². The molecule has 1 unspecified atom stereocenters. The summed E-state index contributed by atoms with van der Waals surface area (Å²) in [5.41, 5.74) is -0.545. The van der Waals surface area contributed by atoms with Crippen molar-refractivity contribution in [2.75, 3.05) is 0 Å². The van der Waals surface area contributed by atoms with E-state index in [1.54, 1.807) is 0 Å². The summed E-state index contributed by atoms with van der Waals surface area (Å²) in [5, 5.41) is 0. The van der Waals surface area contributed by atoms with E-state index in [0.717, 1.165) is 19.3 Å². The van der Waals surface area contributed by atoms with Gasteiger partial charge in [0.1, 0.15) is 0 Å². The van der Waals surface area contributed by atoms with Crippen LogP contribution < -0.4 is 0 Å². The van der Waals surface area contributed by atoms with Gasteiger partial charge in [-0.2, -0.15) is 0 Å². The maximum Gasteiger partial charge on any atom is 0.320 e. The quantitative estimate of drug-likeness (QED) is 0.283. The molecule has 1 rings (SSSR count). The number of carbonyl (C=O) groups excluding carboxylic acids is 2. The van der Waals surface area contributed by atoms with Crippen molar-refractivity contribution < 1.29 is 14.3 Å². The highest BCUT2D eigenvalue weighted by atomic mass is 16.6. The summed E-state index contributed by atoms with van der Waals surface area (Å²) in [6.45, 7) is 4.11. The summed E-state index contributed by atoms with van der Waals surface area (Å²) in [4.78, 5) is 22.7. The van der Waals surface area contributed by atoms with Gasteiger partial charge in [-0.25, -0.2) is 0 Å². The molecular weight excluding hydrogens is 264 g/mol. The highest BCUT2D eigenvalue weighted by Crippen LogP contribution is 2.35. The molecule has 1 aliphatic rings. The van der Waals surface area contributed by atoms with Crippen molar-refractivity contribution in [2.24, 2.45) is 5.41 Å². The molecule has 3 nitrogen and oxygen atoms in total. The molecule has 1 heterocycles. The van der Waals surface area contributed by atoms with Gasteiger partial charge in [0.25, 0.3) is 0 Å². The molecule has 0 bridgehead atoms. The fraction of sp³-hybridized carbons (Fsp3) is 0.889. The smallest absolute Gasteiger partial charge is 0.320 e. The zero-order chi connectivity index (χ0) is 15.6. The van der Waals surface area contributed by atoms with E-state index < -0.39 is 5.41 Å². The molecule has 21 heavy (non-hydrogen) atoms. The van der Waals surface area contributed by atoms with Crippen LogP contribution in [-0.2, 0) is 14.3 Å². The maximum atomic E-state index is 11.6. The minimum atomic E-state index is -0.545. The number of unbranched alkanes of at least 4 members (excludes halogenated alkanes) is 10. The monoisotopic (exact) mass is 296 g/mol. The number of hydrogen-bond donors (Lipinski definition) is 0. The van der Waals surface area contributed by atoms with E-state index in [1.165, 1.54) is 57.8 Å². The Balaban J connectivity index is 1.91. The summed E-state index contributed by atoms with van der Waals surface area (Å²) in [6, 6.07) is 0. The third kappa shape index (κ3) is 7.10. The van der Waals surface area contributed by atoms with Crippen LogP contribution in [0.2, 0.25) is 0 Å². The minimum Gasteiger partial charge on any atom is -0.393 e. The van der Waals surface area contributed by atoms with Crippen LogP contribution in [0.15, 0.2) is 0 Å². The van der Waals surface area contributed by atoms with E-state index in [4.69, 9.17) is 0 Å². The lowest BCUT2D eigenvalue weighted by Crippen LogP contribution is -2.22. The molecule has 0 aromatic rings. The number of rotatable bonds is 12. The lowest BCUT2D eigenvalue weighted by molar-refractivity contribution is -0.155. The number of esters is 2. The molecule has 1 aliphatic heterocycles. The van der Waals surface area contributed by atoms with Gasteiger partial charge in [0, 0.05) is 0 Å². The van der Waals surface area contributed by atoms with Gasteiger partial charge >= 0.3 is 11.9 Å². The van der Waals surface area contributed by atoms with Crippen LogP contribution >= 0.6 is 0 Å². The van der Waals surface area contributed by atoms with Crippen molar-refractivity contribution in [2.45, 2.75) is 97.3 Å². The molecule has 0 saturated carbocycles. The number of ether oxygens (including phenoxy) is 1. The fourth-order valence-corrected chi connectivity index (χ4v) is 3.02. The number of carbonyl (C=O) groups is 2. The molecule has 0 N–H and O–H groups in total. The van der Waals surface area contributed by atoms with Crippen molar-refractivity contribution in [3.63, 3.8) is 0 Å². The van der Waals surface area contributed by atoms with E-state index in [1.807, 2.05) is 6.92 Å². The normalized spacial score (nSPS) is 21.8. The van der Waals surface area contributed by atoms with Crippen LogP contribution in [0.5, 0.6) is 0 Å². The lowest BCUT2D eigenvalue weighted by Gasteiger charge is -2.16. The third-order valence-corrected chi connectivity index (χ3v) is 4.57. The Hall–Kier alpha value is -0.860. The van der Waals surface area contributed by atoms with Gasteiger partial charge in [-0.15, -0.1) is 0 Å². The van der Waals surface area contributed by atoms with Gasteiger partial charge in [-0.05, 0) is 13.3 Å². The molecule has 0 aliphatic carbocycles. The number of cyclic esters (lactones) is 2. The van der Waals surface area contributed by atoms with Crippen molar-refractivity contribution >= 4 is 11.9 Å². The topological polar surface area (TPSA) is 43.4 Å². The van der Waals surface area contributed by atoms with Crippen molar-refractivity contribution in [3.8, 4) is 0 Å². The summed E-state index contributed by atoms with van der Waals surface area (Å²) < 4.78 is 4.65. The highest BCUT2D eigenvalue weighted by molar-refractivity contribution is 5.97. The molecule has 3 heteroatoms. The molecular formula is C18H32O3. The van der Waals surface area contributed by atoms with Crippen molar-refractivity contribution in [3.05, 3.63) is 0 Å². The molecule has 1 fully saturated rings. The minimum absolute atomic E-state index is 0.267. The molecule has 122 valence electrons. The second-order valence-corrected chi connectivity index (χ2v) is 6.78. The van der Waals surface area contributed by atoms with Crippen molar-refractivity contribution in [1.82, 2.24) is 0 Å². The predicted molar refractivity (Wildman–Crippen MR) is 84.9 cm³/mol. The SMILES string of the molecule is CCCCCCCCCCCCCC1(C)CC(=O)OC1=O. The van der Waals surface area contributed by atoms with E-state index in [0.29, 0.717) is 0 Å². The van der Waals surface area contributed by atoms with E-state index in [-0.39, 0.29) is 18.4 Å². The lowest BCUT2D eigenvalue weighted by atomic mass is 9.83. The Morgan fingerprint density at radius 2 is 1.33 bits per heavy atom. The van der Waals surface area contributed by atoms with Crippen LogP contribution in [0.3, 0.4) is 0 Å². The van der Waals surface area contributed by atoms with Crippen LogP contribution in [0.25, 0.3) is 0 Å². The summed E-state index contributed by atoms with van der Waals surface area (Å²) in [7, 11) is 0. The summed E-state index contributed by atoms with van der Waals surface area (Å²) >= 11 is 0. The predicted octanol–water partition coefficient (Wildman–Crippen LogP) is 5.17. The first-order valence-corrected chi connectivity index (χ1v) is 8.83. The van der Waals surface area contributed by atoms with E-state index >= 15 is 0 Å². The van der Waals surface area contributed by atoms with Gasteiger partial charge in [0.05, 0.1) is 11.8 Å². The standard InChI is InChI=1S/C18H32O3/c1-3-4-5-6-7-8-9-10-11-12-13-14-18(2)15-16(19)21-17(18)20/h3-15H2,1-2H3. The van der Waals surface area contributed by atoms with Crippen LogP contribution in [0.1, 0.15) is 97.3 Å². The molecule has 0 aromatic carbocycles. The van der Waals surface area contributed by atoms with Gasteiger partial charge in [0.15, 0.2) is 0 Å². The van der Waals surface area contributed by atoms with Crippen LogP contribution in [-0.4, -0.2) is 11.9 Å². The first kappa shape index (κ1) is 18.2. The van der Waals surface area contributed by atoms with Gasteiger partial charge in [0.2, 0.25) is 0 Å². The molecule has 0 radical (unpaired) electrons. The zero-order valence-electron chi connectivity index (χ0n) is 13.9. The average molecular weight is 296 g/mol. The molecule has 1 saturated heterocycles. The first-order chi connectivity index (χ1) is 10.1. The van der Waals surface area contributed by atoms with Gasteiger partial charge in [-0.1, -0.05) is 77.6 Å². The largest absolute Gasteiger partial charge is 0.393 e. The maximum absolute atomic E-state index is 11.6. The Morgan fingerprint density at radius 1 is 0.857 bits per heavy atom. The number of hydrogen-bond acceptors (Lipinski definition) is 3. The molecule has 1 atom stereocenters. The first-order valence-electron chi connectivity index (χ1n) is 8.83. The summed E-state index contributed by atoms with van der Waals surface area (Å²) in [5.74, 6) is -0.676. The van der Waals surface area contributed by atoms with E-state index in [2.05, 4.69) is 11.7 Å². The Kier molecular flexibility index (Phi) is 8.63. The second kappa shape index (κ2) is 9.97. The Morgan fingerprint density at radius 3 is 1.76 bits per heavy atom. The zero-order valence-corrected chi connectivity index (χ0v) is 13.9. The van der Waals surface area contributed by atoms with Crippen molar-refractivity contribution in [1.29, 1.82) is 0 Å². The average Bonchev–Trinajstić information content (AvgIpc) is 2.69. The van der Waals surface area contributed by atoms with Crippen LogP contribution in [0.4, 0.5) is 0 Å². The molecule has 0 spiro atoms. The third-order valence-electron chi connectivity index (χ3n) is 4.57. The van der Waals surface area contributed by atoms with Gasteiger partial charge < -0.3 is 4.74 Å². The van der Waals surface area contributed by atoms with Gasteiger partial charge in [-0.3, -0.25) is 9.59 Å². The molecule has 0 aromatic heterocycles. The summed E-state index contributed by atoms with van der Waals surface area (Å²) in [6.07, 6.45) is 15.3. The Labute approximate surface area is 129 Å². The Bertz CT molecular complexity index is 324. The molecule has 0 amide bonds. The fourth-order valence-electron chi connectivity index (χ4n) is 3.02. The second-order valence-electron chi connectivity index (χ2n) is 6.78. The van der Waals surface area contributed by atoms with Crippen LogP contribution in [0, 0.1) is 5.41 Å².